The van der Waals surface area contributed by atoms with Gasteiger partial charge in [-0.1, -0.05) is 40.5 Å². The lowest BCUT2D eigenvalue weighted by atomic mass is 9.80. The van der Waals surface area contributed by atoms with E-state index < -0.39 is 0 Å². The van der Waals surface area contributed by atoms with Crippen molar-refractivity contribution < 1.29 is 4.79 Å². The number of carbonyl (C=O) groups excluding carboxylic acids is 1. The lowest BCUT2D eigenvalue weighted by Gasteiger charge is -2.26. The number of amides is 1. The van der Waals surface area contributed by atoms with E-state index in [1.807, 2.05) is 23.1 Å². The van der Waals surface area contributed by atoms with Gasteiger partial charge in [-0.15, -0.1) is 0 Å². The van der Waals surface area contributed by atoms with E-state index in [2.05, 4.69) is 40.2 Å². The Morgan fingerprint density at radius 1 is 1.05 bits per heavy atom. The Kier molecular flexibility index (Phi) is 3.11. The molecule has 3 heteroatoms. The summed E-state index contributed by atoms with van der Waals surface area (Å²) in [5.74, 6) is 0.837. The third kappa shape index (κ3) is 2.20. The van der Waals surface area contributed by atoms with E-state index in [0.717, 1.165) is 27.2 Å². The number of hydrogen-bond donors (Lipinski definition) is 0. The molecular formula is C18H16BrNO. The van der Waals surface area contributed by atoms with Gasteiger partial charge in [-0.25, -0.2) is 0 Å². The van der Waals surface area contributed by atoms with Gasteiger partial charge in [-0.2, -0.15) is 0 Å². The number of fused-ring (bicyclic) bond motifs is 1. The van der Waals surface area contributed by atoms with Crippen LogP contribution in [0, 0.1) is 0 Å². The van der Waals surface area contributed by atoms with Gasteiger partial charge >= 0.3 is 0 Å². The quantitative estimate of drug-likeness (QED) is 0.762. The molecule has 0 radical (unpaired) electrons. The molecule has 0 saturated heterocycles. The Morgan fingerprint density at radius 2 is 1.81 bits per heavy atom. The second-order valence-corrected chi connectivity index (χ2v) is 6.83. The molecule has 0 atom stereocenters. The minimum Gasteiger partial charge on any atom is -0.304 e. The molecule has 21 heavy (non-hydrogen) atoms. The van der Waals surface area contributed by atoms with E-state index >= 15 is 0 Å². The van der Waals surface area contributed by atoms with E-state index in [0.29, 0.717) is 6.54 Å². The van der Waals surface area contributed by atoms with Crippen LogP contribution in [0.1, 0.15) is 46.7 Å². The third-order valence-corrected chi connectivity index (χ3v) is 5.15. The summed E-state index contributed by atoms with van der Waals surface area (Å²) in [5, 5.41) is 0. The molecule has 0 N–H and O–H groups in total. The van der Waals surface area contributed by atoms with E-state index in [1.54, 1.807) is 0 Å². The summed E-state index contributed by atoms with van der Waals surface area (Å²) >= 11 is 3.44. The van der Waals surface area contributed by atoms with Crippen molar-refractivity contribution >= 4 is 27.5 Å². The number of anilines is 1. The maximum absolute atomic E-state index is 12.5. The molecular weight excluding hydrogens is 326 g/mol. The molecule has 2 aliphatic rings. The SMILES string of the molecule is O=C1c2cc(Br)ccc2CN1c1ccc(C2CCC2)cc1. The van der Waals surface area contributed by atoms with Crippen molar-refractivity contribution in [2.24, 2.45) is 0 Å². The summed E-state index contributed by atoms with van der Waals surface area (Å²) in [6, 6.07) is 14.5. The molecule has 1 saturated carbocycles. The highest BCUT2D eigenvalue weighted by atomic mass is 79.9. The fraction of sp³-hybridized carbons (Fsp3) is 0.278. The normalized spacial score (nSPS) is 17.8. The van der Waals surface area contributed by atoms with Crippen molar-refractivity contribution in [2.45, 2.75) is 31.7 Å². The van der Waals surface area contributed by atoms with Crippen LogP contribution in [0.5, 0.6) is 0 Å². The van der Waals surface area contributed by atoms with Crippen LogP contribution in [-0.4, -0.2) is 5.91 Å². The molecule has 1 heterocycles. The first-order valence-corrected chi connectivity index (χ1v) is 8.22. The highest BCUT2D eigenvalue weighted by molar-refractivity contribution is 9.10. The monoisotopic (exact) mass is 341 g/mol. The Labute approximate surface area is 132 Å². The van der Waals surface area contributed by atoms with Crippen molar-refractivity contribution in [3.8, 4) is 0 Å². The molecule has 0 aromatic heterocycles. The minimum absolute atomic E-state index is 0.0997. The number of nitrogens with zero attached hydrogens (tertiary/aromatic N) is 1. The number of hydrogen-bond acceptors (Lipinski definition) is 1. The van der Waals surface area contributed by atoms with Gasteiger partial charge in [0.25, 0.3) is 5.91 Å². The first-order valence-electron chi connectivity index (χ1n) is 7.42. The van der Waals surface area contributed by atoms with Crippen LogP contribution in [0.4, 0.5) is 5.69 Å². The first-order chi connectivity index (χ1) is 10.2. The lowest BCUT2D eigenvalue weighted by molar-refractivity contribution is 0.0996. The Morgan fingerprint density at radius 3 is 2.48 bits per heavy atom. The summed E-state index contributed by atoms with van der Waals surface area (Å²) in [7, 11) is 0. The standard InChI is InChI=1S/C18H16BrNO/c19-15-7-4-14-11-20(18(21)17(14)10-15)16-8-5-13(6-9-16)12-2-1-3-12/h4-10,12H,1-3,11H2. The maximum Gasteiger partial charge on any atom is 0.258 e. The van der Waals surface area contributed by atoms with Crippen LogP contribution >= 0.6 is 15.9 Å². The average Bonchev–Trinajstić information content (AvgIpc) is 2.75. The van der Waals surface area contributed by atoms with Crippen LogP contribution in [0.2, 0.25) is 0 Å². The van der Waals surface area contributed by atoms with Crippen LogP contribution in [0.15, 0.2) is 46.9 Å². The van der Waals surface area contributed by atoms with Crippen LogP contribution in [-0.2, 0) is 6.54 Å². The Hall–Kier alpha value is -1.61. The smallest absolute Gasteiger partial charge is 0.258 e. The zero-order chi connectivity index (χ0) is 14.4. The molecule has 1 aliphatic carbocycles. The maximum atomic E-state index is 12.5. The molecule has 0 bridgehead atoms. The molecule has 106 valence electrons. The summed E-state index contributed by atoms with van der Waals surface area (Å²) in [5.41, 5.74) is 4.33. The highest BCUT2D eigenvalue weighted by Gasteiger charge is 2.28. The number of benzene rings is 2. The predicted octanol–water partition coefficient (Wildman–Crippen LogP) is 4.88. The van der Waals surface area contributed by atoms with Crippen LogP contribution in [0.25, 0.3) is 0 Å². The molecule has 4 rings (SSSR count). The minimum atomic E-state index is 0.0997. The predicted molar refractivity (Wildman–Crippen MR) is 87.7 cm³/mol. The van der Waals surface area contributed by atoms with Crippen LogP contribution in [0.3, 0.4) is 0 Å². The summed E-state index contributed by atoms with van der Waals surface area (Å²) in [4.78, 5) is 14.4. The van der Waals surface area contributed by atoms with Crippen molar-refractivity contribution in [2.75, 3.05) is 4.90 Å². The first kappa shape index (κ1) is 13.1. The third-order valence-electron chi connectivity index (χ3n) is 4.66. The molecule has 1 aliphatic heterocycles. The zero-order valence-electron chi connectivity index (χ0n) is 11.7. The van der Waals surface area contributed by atoms with E-state index in [4.69, 9.17) is 0 Å². The molecule has 0 unspecified atom stereocenters. The Balaban J connectivity index is 1.61. The van der Waals surface area contributed by atoms with Crippen molar-refractivity contribution in [3.05, 3.63) is 63.6 Å². The highest BCUT2D eigenvalue weighted by Crippen LogP contribution is 2.37. The largest absolute Gasteiger partial charge is 0.304 e. The van der Waals surface area contributed by atoms with E-state index in [9.17, 15) is 4.79 Å². The molecule has 2 nitrogen and oxygen atoms in total. The van der Waals surface area contributed by atoms with Gasteiger partial charge in [0.15, 0.2) is 0 Å². The topological polar surface area (TPSA) is 20.3 Å². The van der Waals surface area contributed by atoms with Crippen molar-refractivity contribution in [1.82, 2.24) is 0 Å². The van der Waals surface area contributed by atoms with Gasteiger partial charge in [-0.3, -0.25) is 4.79 Å². The van der Waals surface area contributed by atoms with Crippen molar-refractivity contribution in [3.63, 3.8) is 0 Å². The molecule has 1 amide bonds. The average molecular weight is 342 g/mol. The molecule has 2 aromatic carbocycles. The van der Waals surface area contributed by atoms with Crippen molar-refractivity contribution in [1.29, 1.82) is 0 Å². The molecule has 2 aromatic rings. The fourth-order valence-electron chi connectivity index (χ4n) is 3.15. The number of carbonyl (C=O) groups is 1. The lowest BCUT2D eigenvalue weighted by Crippen LogP contribution is -2.23. The van der Waals surface area contributed by atoms with Gasteiger partial charge in [0.05, 0.1) is 6.54 Å². The second-order valence-electron chi connectivity index (χ2n) is 5.91. The van der Waals surface area contributed by atoms with E-state index in [1.165, 1.54) is 24.8 Å². The number of halogens is 1. The molecule has 0 spiro atoms. The van der Waals surface area contributed by atoms with E-state index in [-0.39, 0.29) is 5.91 Å². The van der Waals surface area contributed by atoms with Crippen LogP contribution < -0.4 is 4.90 Å². The summed E-state index contributed by atoms with van der Waals surface area (Å²) in [6.45, 7) is 0.671. The number of rotatable bonds is 2. The summed E-state index contributed by atoms with van der Waals surface area (Å²) in [6.07, 6.45) is 3.96. The zero-order valence-corrected chi connectivity index (χ0v) is 13.3. The van der Waals surface area contributed by atoms with Gasteiger partial charge in [0, 0.05) is 15.7 Å². The van der Waals surface area contributed by atoms with Gasteiger partial charge < -0.3 is 4.90 Å². The fourth-order valence-corrected chi connectivity index (χ4v) is 3.51. The van der Waals surface area contributed by atoms with Gasteiger partial charge in [0.1, 0.15) is 0 Å². The molecule has 1 fully saturated rings. The Bertz CT molecular complexity index is 704. The summed E-state index contributed by atoms with van der Waals surface area (Å²) < 4.78 is 0.955. The van der Waals surface area contributed by atoms with Gasteiger partial charge in [-0.05, 0) is 54.2 Å². The van der Waals surface area contributed by atoms with Gasteiger partial charge in [0.2, 0.25) is 0 Å². The second kappa shape index (κ2) is 4.99.